The third-order valence-corrected chi connectivity index (χ3v) is 3.59. The summed E-state index contributed by atoms with van der Waals surface area (Å²) in [4.78, 5) is 2.33. The SMILES string of the molecule is OCc1cccc(Sc2cccc(Br)c2)c1. The maximum Gasteiger partial charge on any atom is 0.0682 e. The van der Waals surface area contributed by atoms with Crippen LogP contribution in [-0.4, -0.2) is 5.11 Å². The highest BCUT2D eigenvalue weighted by Crippen LogP contribution is 2.29. The van der Waals surface area contributed by atoms with Crippen molar-refractivity contribution in [3.63, 3.8) is 0 Å². The van der Waals surface area contributed by atoms with Crippen LogP contribution in [0.15, 0.2) is 62.8 Å². The standard InChI is InChI=1S/C13H11BrOS/c14-11-4-2-6-13(8-11)16-12-5-1-3-10(7-12)9-15/h1-8,15H,9H2. The number of aliphatic hydroxyl groups excluding tert-OH is 1. The van der Waals surface area contributed by atoms with Crippen molar-refractivity contribution in [1.82, 2.24) is 0 Å². The lowest BCUT2D eigenvalue weighted by molar-refractivity contribution is 0.281. The molecule has 0 unspecified atom stereocenters. The van der Waals surface area contributed by atoms with Gasteiger partial charge in [0.15, 0.2) is 0 Å². The van der Waals surface area contributed by atoms with Crippen molar-refractivity contribution in [1.29, 1.82) is 0 Å². The van der Waals surface area contributed by atoms with Crippen LogP contribution in [0.5, 0.6) is 0 Å². The molecular weight excluding hydrogens is 284 g/mol. The van der Waals surface area contributed by atoms with E-state index in [9.17, 15) is 0 Å². The minimum atomic E-state index is 0.0902. The molecule has 2 rings (SSSR count). The third-order valence-electron chi connectivity index (χ3n) is 2.11. The molecule has 0 atom stereocenters. The van der Waals surface area contributed by atoms with E-state index in [0.717, 1.165) is 14.9 Å². The van der Waals surface area contributed by atoms with Gasteiger partial charge in [0, 0.05) is 14.3 Å². The summed E-state index contributed by atoms with van der Waals surface area (Å²) in [6, 6.07) is 16.1. The molecule has 0 radical (unpaired) electrons. The van der Waals surface area contributed by atoms with E-state index in [4.69, 9.17) is 5.11 Å². The second kappa shape index (κ2) is 5.53. The lowest BCUT2D eigenvalue weighted by Gasteiger charge is -2.03. The Balaban J connectivity index is 2.20. The molecule has 82 valence electrons. The van der Waals surface area contributed by atoms with Crippen molar-refractivity contribution >= 4 is 27.7 Å². The van der Waals surface area contributed by atoms with Gasteiger partial charge in [-0.05, 0) is 35.9 Å². The molecule has 16 heavy (non-hydrogen) atoms. The number of rotatable bonds is 3. The predicted octanol–water partition coefficient (Wildman–Crippen LogP) is 4.09. The van der Waals surface area contributed by atoms with Gasteiger partial charge in [0.05, 0.1) is 6.61 Å². The van der Waals surface area contributed by atoms with Crippen LogP contribution in [0.25, 0.3) is 0 Å². The summed E-state index contributed by atoms with van der Waals surface area (Å²) in [6.07, 6.45) is 0. The van der Waals surface area contributed by atoms with Crippen LogP contribution >= 0.6 is 27.7 Å². The average Bonchev–Trinajstić information content (AvgIpc) is 2.29. The third kappa shape index (κ3) is 3.11. The first-order chi connectivity index (χ1) is 7.78. The van der Waals surface area contributed by atoms with E-state index in [1.54, 1.807) is 11.8 Å². The molecule has 0 bridgehead atoms. The Hall–Kier alpha value is -0.770. The first kappa shape index (κ1) is 11.7. The molecule has 1 nitrogen and oxygen atoms in total. The van der Waals surface area contributed by atoms with Gasteiger partial charge in [-0.3, -0.25) is 0 Å². The summed E-state index contributed by atoms with van der Waals surface area (Å²) in [5.74, 6) is 0. The highest BCUT2D eigenvalue weighted by Gasteiger charge is 1.99. The minimum absolute atomic E-state index is 0.0902. The van der Waals surface area contributed by atoms with Crippen LogP contribution in [0.4, 0.5) is 0 Å². The quantitative estimate of drug-likeness (QED) is 0.920. The second-order valence-electron chi connectivity index (χ2n) is 3.36. The fourth-order valence-electron chi connectivity index (χ4n) is 1.37. The van der Waals surface area contributed by atoms with Crippen LogP contribution in [0, 0.1) is 0 Å². The smallest absolute Gasteiger partial charge is 0.0682 e. The molecule has 0 aliphatic heterocycles. The highest BCUT2D eigenvalue weighted by atomic mass is 79.9. The molecule has 2 aromatic carbocycles. The fraction of sp³-hybridized carbons (Fsp3) is 0.0769. The molecule has 0 aliphatic rings. The van der Waals surface area contributed by atoms with Crippen LogP contribution in [0.2, 0.25) is 0 Å². The zero-order chi connectivity index (χ0) is 11.4. The van der Waals surface area contributed by atoms with E-state index in [-0.39, 0.29) is 6.61 Å². The second-order valence-corrected chi connectivity index (χ2v) is 5.43. The van der Waals surface area contributed by atoms with E-state index in [0.29, 0.717) is 0 Å². The van der Waals surface area contributed by atoms with E-state index < -0.39 is 0 Å². The van der Waals surface area contributed by atoms with Gasteiger partial charge in [-0.25, -0.2) is 0 Å². The molecule has 0 saturated carbocycles. The molecule has 2 aromatic rings. The molecule has 1 N–H and O–H groups in total. The van der Waals surface area contributed by atoms with Crippen LogP contribution in [-0.2, 0) is 6.61 Å². The topological polar surface area (TPSA) is 20.2 Å². The van der Waals surface area contributed by atoms with E-state index in [2.05, 4.69) is 28.1 Å². The number of hydrogen-bond donors (Lipinski definition) is 1. The van der Waals surface area contributed by atoms with Crippen LogP contribution in [0.1, 0.15) is 5.56 Å². The molecule has 0 fully saturated rings. The van der Waals surface area contributed by atoms with E-state index >= 15 is 0 Å². The molecule has 3 heteroatoms. The summed E-state index contributed by atoms with van der Waals surface area (Å²) in [5.41, 5.74) is 0.944. The first-order valence-corrected chi connectivity index (χ1v) is 6.52. The van der Waals surface area contributed by atoms with Crippen LogP contribution in [0.3, 0.4) is 0 Å². The Kier molecular flexibility index (Phi) is 4.04. The zero-order valence-electron chi connectivity index (χ0n) is 8.56. The molecule has 0 aromatic heterocycles. The average molecular weight is 295 g/mol. The molecule has 0 saturated heterocycles. The number of halogens is 1. The molecule has 0 amide bonds. The highest BCUT2D eigenvalue weighted by molar-refractivity contribution is 9.10. The van der Waals surface area contributed by atoms with Crippen molar-refractivity contribution < 1.29 is 5.11 Å². The summed E-state index contributed by atoms with van der Waals surface area (Å²) in [7, 11) is 0. The van der Waals surface area contributed by atoms with Crippen molar-refractivity contribution in [2.24, 2.45) is 0 Å². The summed E-state index contributed by atoms with van der Waals surface area (Å²) in [6.45, 7) is 0.0902. The molecule has 0 heterocycles. The van der Waals surface area contributed by atoms with Gasteiger partial charge in [-0.1, -0.05) is 45.9 Å². The maximum atomic E-state index is 9.06. The van der Waals surface area contributed by atoms with Gasteiger partial charge in [-0.15, -0.1) is 0 Å². The Morgan fingerprint density at radius 3 is 2.38 bits per heavy atom. The Labute approximate surface area is 108 Å². The van der Waals surface area contributed by atoms with Gasteiger partial charge < -0.3 is 5.11 Å². The van der Waals surface area contributed by atoms with Gasteiger partial charge >= 0.3 is 0 Å². The number of aliphatic hydroxyl groups is 1. The molecular formula is C13H11BrOS. The number of hydrogen-bond acceptors (Lipinski definition) is 2. The van der Waals surface area contributed by atoms with Crippen molar-refractivity contribution in [2.75, 3.05) is 0 Å². The first-order valence-electron chi connectivity index (χ1n) is 4.91. The van der Waals surface area contributed by atoms with Gasteiger partial charge in [-0.2, -0.15) is 0 Å². The predicted molar refractivity (Wildman–Crippen MR) is 70.6 cm³/mol. The normalized spacial score (nSPS) is 10.4. The van der Waals surface area contributed by atoms with E-state index in [1.807, 2.05) is 36.4 Å². The minimum Gasteiger partial charge on any atom is -0.392 e. The Bertz CT molecular complexity index is 485. The largest absolute Gasteiger partial charge is 0.392 e. The lowest BCUT2D eigenvalue weighted by Crippen LogP contribution is -1.82. The van der Waals surface area contributed by atoms with Crippen LogP contribution < -0.4 is 0 Å². The summed E-state index contributed by atoms with van der Waals surface area (Å²) >= 11 is 5.14. The van der Waals surface area contributed by atoms with Crippen molar-refractivity contribution in [3.05, 3.63) is 58.6 Å². The monoisotopic (exact) mass is 294 g/mol. The maximum absolute atomic E-state index is 9.06. The summed E-state index contributed by atoms with van der Waals surface area (Å²) in [5, 5.41) is 9.06. The molecule has 0 spiro atoms. The fourth-order valence-corrected chi connectivity index (χ4v) is 2.89. The van der Waals surface area contributed by atoms with E-state index in [1.165, 1.54) is 4.90 Å². The van der Waals surface area contributed by atoms with Gasteiger partial charge in [0.25, 0.3) is 0 Å². The summed E-state index contributed by atoms with van der Waals surface area (Å²) < 4.78 is 1.08. The Morgan fingerprint density at radius 1 is 1.00 bits per heavy atom. The van der Waals surface area contributed by atoms with Gasteiger partial charge in [0.2, 0.25) is 0 Å². The van der Waals surface area contributed by atoms with Crippen molar-refractivity contribution in [2.45, 2.75) is 16.4 Å². The number of benzene rings is 2. The zero-order valence-corrected chi connectivity index (χ0v) is 11.0. The van der Waals surface area contributed by atoms with Gasteiger partial charge in [0.1, 0.15) is 0 Å². The molecule has 0 aliphatic carbocycles. The lowest BCUT2D eigenvalue weighted by atomic mass is 10.2. The van der Waals surface area contributed by atoms with Crippen molar-refractivity contribution in [3.8, 4) is 0 Å². The Morgan fingerprint density at radius 2 is 1.69 bits per heavy atom.